The van der Waals surface area contributed by atoms with Crippen molar-refractivity contribution in [2.24, 2.45) is 0 Å². The van der Waals surface area contributed by atoms with E-state index in [1.807, 2.05) is 57.0 Å². The van der Waals surface area contributed by atoms with Crippen LogP contribution >= 0.6 is 0 Å². The molecule has 0 aromatic heterocycles. The van der Waals surface area contributed by atoms with Gasteiger partial charge in [0.2, 0.25) is 0 Å². The van der Waals surface area contributed by atoms with Gasteiger partial charge in [0.25, 0.3) is 0 Å². The van der Waals surface area contributed by atoms with Crippen molar-refractivity contribution in [2.45, 2.75) is 32.9 Å². The quantitative estimate of drug-likeness (QED) is 0.744. The molecule has 1 aromatic carbocycles. The predicted molar refractivity (Wildman–Crippen MR) is 85.0 cm³/mol. The molecule has 21 heavy (non-hydrogen) atoms. The van der Waals surface area contributed by atoms with E-state index < -0.39 is 0 Å². The number of benzene rings is 1. The lowest BCUT2D eigenvalue weighted by Crippen LogP contribution is -2.48. The molecule has 0 saturated carbocycles. The fourth-order valence-electron chi connectivity index (χ4n) is 2.07. The van der Waals surface area contributed by atoms with Crippen LogP contribution in [0.1, 0.15) is 20.8 Å². The average Bonchev–Trinajstić information content (AvgIpc) is 2.46. The molecular weight excluding hydrogens is 268 g/mol. The lowest BCUT2D eigenvalue weighted by Gasteiger charge is -2.27. The lowest BCUT2D eigenvalue weighted by molar-refractivity contribution is -0.145. The van der Waals surface area contributed by atoms with Gasteiger partial charge < -0.3 is 19.7 Å². The van der Waals surface area contributed by atoms with Crippen molar-refractivity contribution in [1.29, 1.82) is 0 Å². The standard InChI is InChI=1S/C16H26N2O3/c1-6-21-16(19)15(17-12(2)3)11-18(4)13-8-7-9-14(10-13)20-5/h7-10,12,15,17H,6,11H2,1-5H3. The molecular formula is C16H26N2O3. The normalized spacial score (nSPS) is 12.1. The monoisotopic (exact) mass is 294 g/mol. The Balaban J connectivity index is 2.78. The summed E-state index contributed by atoms with van der Waals surface area (Å²) in [4.78, 5) is 14.0. The number of likely N-dealkylation sites (N-methyl/N-ethyl adjacent to an activating group) is 1. The van der Waals surface area contributed by atoms with E-state index in [0.717, 1.165) is 11.4 Å². The Labute approximate surface area is 127 Å². The molecule has 5 heteroatoms. The Morgan fingerprint density at radius 2 is 2.10 bits per heavy atom. The van der Waals surface area contributed by atoms with Crippen LogP contribution in [0.3, 0.4) is 0 Å². The summed E-state index contributed by atoms with van der Waals surface area (Å²) in [6.07, 6.45) is 0. The summed E-state index contributed by atoms with van der Waals surface area (Å²) in [5, 5.41) is 3.25. The molecule has 0 spiro atoms. The lowest BCUT2D eigenvalue weighted by atomic mass is 10.2. The first-order valence-electron chi connectivity index (χ1n) is 7.25. The molecule has 0 radical (unpaired) electrons. The van der Waals surface area contributed by atoms with Crippen LogP contribution in [0.25, 0.3) is 0 Å². The van der Waals surface area contributed by atoms with Crippen LogP contribution < -0.4 is 15.0 Å². The minimum atomic E-state index is -0.360. The maximum atomic E-state index is 12.0. The highest BCUT2D eigenvalue weighted by molar-refractivity contribution is 5.76. The zero-order valence-electron chi connectivity index (χ0n) is 13.6. The van der Waals surface area contributed by atoms with Gasteiger partial charge in [-0.25, -0.2) is 0 Å². The number of carbonyl (C=O) groups is 1. The summed E-state index contributed by atoms with van der Waals surface area (Å²) in [7, 11) is 3.59. The second-order valence-electron chi connectivity index (χ2n) is 5.21. The van der Waals surface area contributed by atoms with E-state index in [0.29, 0.717) is 13.2 Å². The van der Waals surface area contributed by atoms with E-state index in [4.69, 9.17) is 9.47 Å². The SMILES string of the molecule is CCOC(=O)C(CN(C)c1cccc(OC)c1)NC(C)C. The van der Waals surface area contributed by atoms with E-state index >= 15 is 0 Å². The molecule has 1 N–H and O–H groups in total. The number of hydrogen-bond donors (Lipinski definition) is 1. The van der Waals surface area contributed by atoms with Crippen LogP contribution in [-0.4, -0.2) is 45.4 Å². The highest BCUT2D eigenvalue weighted by Gasteiger charge is 2.22. The van der Waals surface area contributed by atoms with E-state index in [1.54, 1.807) is 7.11 Å². The number of rotatable bonds is 8. The van der Waals surface area contributed by atoms with Gasteiger partial charge in [0, 0.05) is 31.4 Å². The maximum absolute atomic E-state index is 12.0. The van der Waals surface area contributed by atoms with E-state index in [9.17, 15) is 4.79 Å². The van der Waals surface area contributed by atoms with Crippen molar-refractivity contribution >= 4 is 11.7 Å². The molecule has 0 aliphatic heterocycles. The molecule has 0 bridgehead atoms. The third-order valence-corrected chi connectivity index (χ3v) is 3.06. The largest absolute Gasteiger partial charge is 0.497 e. The Morgan fingerprint density at radius 3 is 2.67 bits per heavy atom. The predicted octanol–water partition coefficient (Wildman–Crippen LogP) is 2.06. The van der Waals surface area contributed by atoms with Crippen LogP contribution in [0.4, 0.5) is 5.69 Å². The van der Waals surface area contributed by atoms with Gasteiger partial charge in [-0.1, -0.05) is 19.9 Å². The van der Waals surface area contributed by atoms with Gasteiger partial charge in [0.15, 0.2) is 0 Å². The summed E-state index contributed by atoms with van der Waals surface area (Å²) in [5.74, 6) is 0.574. The Bertz CT molecular complexity index is 449. The molecule has 0 amide bonds. The number of esters is 1. The number of nitrogens with zero attached hydrogens (tertiary/aromatic N) is 1. The Kier molecular flexibility index (Phi) is 7.02. The first kappa shape index (κ1) is 17.3. The van der Waals surface area contributed by atoms with E-state index in [-0.39, 0.29) is 18.1 Å². The smallest absolute Gasteiger partial charge is 0.324 e. The summed E-state index contributed by atoms with van der Waals surface area (Å²) < 4.78 is 10.4. The zero-order valence-corrected chi connectivity index (χ0v) is 13.6. The molecule has 118 valence electrons. The van der Waals surface area contributed by atoms with Crippen LogP contribution in [0, 0.1) is 0 Å². The summed E-state index contributed by atoms with van der Waals surface area (Å²) in [6.45, 7) is 6.76. The molecule has 0 fully saturated rings. The topological polar surface area (TPSA) is 50.8 Å². The number of hydrogen-bond acceptors (Lipinski definition) is 5. The van der Waals surface area contributed by atoms with Crippen molar-refractivity contribution in [1.82, 2.24) is 5.32 Å². The molecule has 0 aliphatic carbocycles. The minimum Gasteiger partial charge on any atom is -0.497 e. The zero-order chi connectivity index (χ0) is 15.8. The fraction of sp³-hybridized carbons (Fsp3) is 0.562. The second-order valence-corrected chi connectivity index (χ2v) is 5.21. The van der Waals surface area contributed by atoms with Crippen molar-refractivity contribution in [2.75, 3.05) is 32.2 Å². The first-order valence-corrected chi connectivity index (χ1v) is 7.25. The Morgan fingerprint density at radius 1 is 1.38 bits per heavy atom. The summed E-state index contributed by atoms with van der Waals surface area (Å²) in [6, 6.07) is 7.60. The molecule has 0 aliphatic rings. The summed E-state index contributed by atoms with van der Waals surface area (Å²) >= 11 is 0. The van der Waals surface area contributed by atoms with Gasteiger partial charge in [-0.15, -0.1) is 0 Å². The fourth-order valence-corrected chi connectivity index (χ4v) is 2.07. The summed E-state index contributed by atoms with van der Waals surface area (Å²) in [5.41, 5.74) is 0.995. The van der Waals surface area contributed by atoms with Crippen LogP contribution in [0.2, 0.25) is 0 Å². The number of nitrogens with one attached hydrogen (secondary N) is 1. The highest BCUT2D eigenvalue weighted by Crippen LogP contribution is 2.20. The average molecular weight is 294 g/mol. The van der Waals surface area contributed by atoms with E-state index in [1.165, 1.54) is 0 Å². The maximum Gasteiger partial charge on any atom is 0.324 e. The Hall–Kier alpha value is -1.75. The number of methoxy groups -OCH3 is 1. The van der Waals surface area contributed by atoms with Gasteiger partial charge in [-0.05, 0) is 19.1 Å². The van der Waals surface area contributed by atoms with E-state index in [2.05, 4.69) is 5.32 Å². The van der Waals surface area contributed by atoms with Gasteiger partial charge in [0.05, 0.1) is 13.7 Å². The van der Waals surface area contributed by atoms with Crippen molar-refractivity contribution in [3.05, 3.63) is 24.3 Å². The molecule has 1 aromatic rings. The molecule has 5 nitrogen and oxygen atoms in total. The van der Waals surface area contributed by atoms with Gasteiger partial charge in [-0.2, -0.15) is 0 Å². The molecule has 0 heterocycles. The minimum absolute atomic E-state index is 0.207. The third-order valence-electron chi connectivity index (χ3n) is 3.06. The van der Waals surface area contributed by atoms with Gasteiger partial charge in [0.1, 0.15) is 11.8 Å². The van der Waals surface area contributed by atoms with Crippen LogP contribution in [-0.2, 0) is 9.53 Å². The highest BCUT2D eigenvalue weighted by atomic mass is 16.5. The second kappa shape index (κ2) is 8.52. The number of carbonyl (C=O) groups excluding carboxylic acids is 1. The van der Waals surface area contributed by atoms with Crippen molar-refractivity contribution in [3.63, 3.8) is 0 Å². The number of ether oxygens (including phenoxy) is 2. The molecule has 1 atom stereocenters. The third kappa shape index (κ3) is 5.63. The first-order chi connectivity index (χ1) is 9.97. The molecule has 0 saturated heterocycles. The van der Waals surface area contributed by atoms with Gasteiger partial charge in [-0.3, -0.25) is 4.79 Å². The van der Waals surface area contributed by atoms with Crippen molar-refractivity contribution in [3.8, 4) is 5.75 Å². The number of anilines is 1. The molecule has 1 unspecified atom stereocenters. The molecule has 1 rings (SSSR count). The van der Waals surface area contributed by atoms with Crippen LogP contribution in [0.15, 0.2) is 24.3 Å². The van der Waals surface area contributed by atoms with Crippen molar-refractivity contribution < 1.29 is 14.3 Å². The van der Waals surface area contributed by atoms with Crippen LogP contribution in [0.5, 0.6) is 5.75 Å². The van der Waals surface area contributed by atoms with Gasteiger partial charge >= 0.3 is 5.97 Å².